The summed E-state index contributed by atoms with van der Waals surface area (Å²) < 4.78 is 5.75. The Bertz CT molecular complexity index is 471. The van der Waals surface area contributed by atoms with Crippen LogP contribution in [0, 0.1) is 19.8 Å². The van der Waals surface area contributed by atoms with E-state index in [1.54, 1.807) is 6.92 Å². The van der Waals surface area contributed by atoms with Crippen molar-refractivity contribution in [1.82, 2.24) is 5.32 Å². The maximum Gasteiger partial charge on any atom is 0.260 e. The van der Waals surface area contributed by atoms with Gasteiger partial charge in [0, 0.05) is 6.54 Å². The highest BCUT2D eigenvalue weighted by Gasteiger charge is 2.16. The van der Waals surface area contributed by atoms with Crippen LogP contribution in [0.3, 0.4) is 0 Å². The van der Waals surface area contributed by atoms with Crippen molar-refractivity contribution >= 4 is 5.91 Å². The Kier molecular flexibility index (Phi) is 8.00. The Balaban J connectivity index is 2.45. The van der Waals surface area contributed by atoms with Crippen molar-refractivity contribution in [2.45, 2.75) is 66.4 Å². The minimum atomic E-state index is -0.467. The molecule has 22 heavy (non-hydrogen) atoms. The van der Waals surface area contributed by atoms with Gasteiger partial charge in [-0.05, 0) is 56.4 Å². The number of hydrogen-bond acceptors (Lipinski definition) is 2. The van der Waals surface area contributed by atoms with Crippen molar-refractivity contribution in [3.8, 4) is 5.75 Å². The topological polar surface area (TPSA) is 38.3 Å². The average molecular weight is 305 g/mol. The molecular formula is C19H31NO2. The number of nitrogens with one attached hydrogen (secondary N) is 1. The first kappa shape index (κ1) is 18.5. The predicted molar refractivity (Wildman–Crippen MR) is 92.3 cm³/mol. The number of carbonyl (C=O) groups is 1. The number of benzene rings is 1. The van der Waals surface area contributed by atoms with Crippen molar-refractivity contribution in [1.29, 1.82) is 0 Å². The van der Waals surface area contributed by atoms with Crippen molar-refractivity contribution in [3.05, 3.63) is 29.3 Å². The fourth-order valence-corrected chi connectivity index (χ4v) is 2.38. The molecule has 0 aliphatic rings. The second kappa shape index (κ2) is 9.50. The Hall–Kier alpha value is -1.51. The molecule has 2 atom stereocenters. The van der Waals surface area contributed by atoms with Crippen molar-refractivity contribution < 1.29 is 9.53 Å². The minimum absolute atomic E-state index is 0.0341. The molecule has 0 aliphatic carbocycles. The standard InChI is InChI=1S/C19H31NO2/c1-6-8-9-17(7-2)13-20-19(21)16(5)22-18-11-10-14(3)15(4)12-18/h10-12,16-17H,6-9,13H2,1-5H3,(H,20,21)/t16-,17-/m1/s1. The van der Waals surface area contributed by atoms with Crippen molar-refractivity contribution in [2.24, 2.45) is 5.92 Å². The molecule has 0 aliphatic heterocycles. The monoisotopic (exact) mass is 305 g/mol. The summed E-state index contributed by atoms with van der Waals surface area (Å²) in [6, 6.07) is 5.92. The smallest absolute Gasteiger partial charge is 0.260 e. The lowest BCUT2D eigenvalue weighted by Gasteiger charge is -2.19. The van der Waals surface area contributed by atoms with Crippen LogP contribution in [0.4, 0.5) is 0 Å². The number of hydrogen-bond donors (Lipinski definition) is 1. The number of amides is 1. The summed E-state index contributed by atoms with van der Waals surface area (Å²) in [4.78, 5) is 12.2. The number of ether oxygens (including phenoxy) is 1. The average Bonchev–Trinajstić information content (AvgIpc) is 2.50. The number of unbranched alkanes of at least 4 members (excludes halogenated alkanes) is 1. The summed E-state index contributed by atoms with van der Waals surface area (Å²) in [6.45, 7) is 11.0. The molecule has 1 N–H and O–H groups in total. The van der Waals surface area contributed by atoms with E-state index in [2.05, 4.69) is 26.1 Å². The van der Waals surface area contributed by atoms with Gasteiger partial charge in [-0.2, -0.15) is 0 Å². The maximum atomic E-state index is 12.2. The van der Waals surface area contributed by atoms with E-state index in [9.17, 15) is 4.79 Å². The van der Waals surface area contributed by atoms with E-state index >= 15 is 0 Å². The molecule has 0 radical (unpaired) electrons. The molecule has 1 amide bonds. The number of aryl methyl sites for hydroxylation is 2. The third-order valence-corrected chi connectivity index (χ3v) is 4.27. The van der Waals surface area contributed by atoms with Crippen molar-refractivity contribution in [3.63, 3.8) is 0 Å². The molecule has 0 saturated heterocycles. The Labute approximate surface area is 135 Å². The highest BCUT2D eigenvalue weighted by Crippen LogP contribution is 2.18. The lowest BCUT2D eigenvalue weighted by Crippen LogP contribution is -2.38. The highest BCUT2D eigenvalue weighted by molar-refractivity contribution is 5.80. The molecule has 1 aromatic rings. The maximum absolute atomic E-state index is 12.2. The molecule has 0 aromatic heterocycles. The largest absolute Gasteiger partial charge is 0.481 e. The fourth-order valence-electron chi connectivity index (χ4n) is 2.38. The summed E-state index contributed by atoms with van der Waals surface area (Å²) in [6.07, 6.45) is 4.25. The molecule has 0 bridgehead atoms. The summed E-state index contributed by atoms with van der Waals surface area (Å²) in [7, 11) is 0. The normalized spacial score (nSPS) is 13.5. The third kappa shape index (κ3) is 6.08. The van der Waals surface area contributed by atoms with Gasteiger partial charge in [0.05, 0.1) is 0 Å². The molecular weight excluding hydrogens is 274 g/mol. The van der Waals surface area contributed by atoms with Crippen LogP contribution in [0.15, 0.2) is 18.2 Å². The second-order valence-corrected chi connectivity index (χ2v) is 6.17. The molecule has 0 fully saturated rings. The number of rotatable bonds is 9. The van der Waals surface area contributed by atoms with E-state index in [0.717, 1.165) is 18.7 Å². The lowest BCUT2D eigenvalue weighted by atomic mass is 9.99. The molecule has 0 spiro atoms. The highest BCUT2D eigenvalue weighted by atomic mass is 16.5. The first-order valence-electron chi connectivity index (χ1n) is 8.49. The van der Waals surface area contributed by atoms with Crippen LogP contribution in [0.1, 0.15) is 57.6 Å². The molecule has 0 saturated carbocycles. The van der Waals surface area contributed by atoms with Gasteiger partial charge in [-0.1, -0.05) is 39.2 Å². The summed E-state index contributed by atoms with van der Waals surface area (Å²) in [5.41, 5.74) is 2.40. The molecule has 0 heterocycles. The summed E-state index contributed by atoms with van der Waals surface area (Å²) in [5.74, 6) is 1.29. The molecule has 1 aromatic carbocycles. The zero-order valence-electron chi connectivity index (χ0n) is 14.7. The van der Waals surface area contributed by atoms with Crippen LogP contribution < -0.4 is 10.1 Å². The van der Waals surface area contributed by atoms with Crippen LogP contribution in [-0.2, 0) is 4.79 Å². The third-order valence-electron chi connectivity index (χ3n) is 4.27. The van der Waals surface area contributed by atoms with Crippen molar-refractivity contribution in [2.75, 3.05) is 6.54 Å². The molecule has 3 nitrogen and oxygen atoms in total. The quantitative estimate of drug-likeness (QED) is 0.734. The van der Waals surface area contributed by atoms with E-state index in [1.807, 2.05) is 25.1 Å². The van der Waals surface area contributed by atoms with Gasteiger partial charge in [0.2, 0.25) is 0 Å². The van der Waals surface area contributed by atoms with Crippen LogP contribution in [0.2, 0.25) is 0 Å². The van der Waals surface area contributed by atoms with E-state index in [1.165, 1.54) is 30.4 Å². The van der Waals surface area contributed by atoms with Crippen LogP contribution in [-0.4, -0.2) is 18.6 Å². The molecule has 0 unspecified atom stereocenters. The van der Waals surface area contributed by atoms with Gasteiger partial charge >= 0.3 is 0 Å². The van der Waals surface area contributed by atoms with Gasteiger partial charge < -0.3 is 10.1 Å². The van der Waals surface area contributed by atoms with Gasteiger partial charge in [0.1, 0.15) is 5.75 Å². The van der Waals surface area contributed by atoms with Gasteiger partial charge in [0.25, 0.3) is 5.91 Å². The zero-order chi connectivity index (χ0) is 16.5. The van der Waals surface area contributed by atoms with E-state index < -0.39 is 6.10 Å². The second-order valence-electron chi connectivity index (χ2n) is 6.17. The fraction of sp³-hybridized carbons (Fsp3) is 0.632. The first-order chi connectivity index (χ1) is 10.5. The number of carbonyl (C=O) groups excluding carboxylic acids is 1. The van der Waals surface area contributed by atoms with Gasteiger partial charge in [-0.25, -0.2) is 0 Å². The SMILES string of the molecule is CCCC[C@@H](CC)CNC(=O)[C@@H](C)Oc1ccc(C)c(C)c1. The van der Waals surface area contributed by atoms with Crippen LogP contribution >= 0.6 is 0 Å². The Morgan fingerprint density at radius 2 is 1.95 bits per heavy atom. The zero-order valence-corrected chi connectivity index (χ0v) is 14.7. The van der Waals surface area contributed by atoms with Crippen LogP contribution in [0.5, 0.6) is 5.75 Å². The van der Waals surface area contributed by atoms with Gasteiger partial charge in [-0.3, -0.25) is 4.79 Å². The summed E-state index contributed by atoms with van der Waals surface area (Å²) in [5, 5.41) is 3.02. The lowest BCUT2D eigenvalue weighted by molar-refractivity contribution is -0.127. The van der Waals surface area contributed by atoms with E-state index in [-0.39, 0.29) is 5.91 Å². The van der Waals surface area contributed by atoms with E-state index in [0.29, 0.717) is 5.92 Å². The molecule has 3 heteroatoms. The Morgan fingerprint density at radius 1 is 1.23 bits per heavy atom. The van der Waals surface area contributed by atoms with Crippen LogP contribution in [0.25, 0.3) is 0 Å². The Morgan fingerprint density at radius 3 is 2.55 bits per heavy atom. The minimum Gasteiger partial charge on any atom is -0.481 e. The molecule has 1 rings (SSSR count). The van der Waals surface area contributed by atoms with E-state index in [4.69, 9.17) is 4.74 Å². The van der Waals surface area contributed by atoms with Gasteiger partial charge in [-0.15, -0.1) is 0 Å². The summed E-state index contributed by atoms with van der Waals surface area (Å²) >= 11 is 0. The predicted octanol–water partition coefficient (Wildman–Crippen LogP) is 4.40. The molecule has 124 valence electrons. The first-order valence-corrected chi connectivity index (χ1v) is 8.49. The van der Waals surface area contributed by atoms with Gasteiger partial charge in [0.15, 0.2) is 6.10 Å².